The van der Waals surface area contributed by atoms with Crippen LogP contribution in [0.2, 0.25) is 5.02 Å². The van der Waals surface area contributed by atoms with Gasteiger partial charge in [-0.2, -0.15) is 0 Å². The zero-order chi connectivity index (χ0) is 21.2. The van der Waals surface area contributed by atoms with Gasteiger partial charge in [-0.05, 0) is 37.1 Å². The first-order valence-electron chi connectivity index (χ1n) is 9.60. The average molecular weight is 441 g/mol. The first-order chi connectivity index (χ1) is 13.9. The molecule has 0 radical (unpaired) electrons. The van der Waals surface area contributed by atoms with Gasteiger partial charge >= 0.3 is 5.97 Å². The van der Waals surface area contributed by atoms with Gasteiger partial charge in [0, 0.05) is 49.4 Å². The largest absolute Gasteiger partial charge is 0.469 e. The lowest BCUT2D eigenvalue weighted by Gasteiger charge is -2.33. The predicted octanol–water partition coefficient (Wildman–Crippen LogP) is 2.35. The van der Waals surface area contributed by atoms with Crippen LogP contribution in [0.5, 0.6) is 0 Å². The average Bonchev–Trinajstić information content (AvgIpc) is 2.73. The molecule has 9 heteroatoms. The van der Waals surface area contributed by atoms with Crippen molar-refractivity contribution >= 4 is 41.2 Å². The van der Waals surface area contributed by atoms with Crippen molar-refractivity contribution in [2.75, 3.05) is 53.1 Å². The van der Waals surface area contributed by atoms with E-state index in [9.17, 15) is 9.59 Å². The molecule has 1 aliphatic rings. The fraction of sp³-hybridized carbons (Fsp3) is 0.550. The maximum absolute atomic E-state index is 11.9. The number of benzene rings is 1. The molecule has 160 valence electrons. The van der Waals surface area contributed by atoms with Crippen LogP contribution in [0.1, 0.15) is 12.8 Å². The van der Waals surface area contributed by atoms with Crippen molar-refractivity contribution in [2.24, 2.45) is 10.9 Å². The number of esters is 1. The summed E-state index contributed by atoms with van der Waals surface area (Å²) < 4.78 is 4.86. The molecule has 0 spiro atoms. The zero-order valence-corrected chi connectivity index (χ0v) is 18.8. The highest BCUT2D eigenvalue weighted by atomic mass is 35.5. The Labute approximate surface area is 181 Å². The number of amides is 1. The van der Waals surface area contributed by atoms with Gasteiger partial charge in [0.1, 0.15) is 6.54 Å². The lowest BCUT2D eigenvalue weighted by atomic mass is 9.97. The summed E-state index contributed by atoms with van der Waals surface area (Å²) in [7, 11) is 4.86. The number of carbonyl (C=O) groups is 2. The summed E-state index contributed by atoms with van der Waals surface area (Å²) in [5.74, 6) is 1.28. The molecule has 7 nitrogen and oxygen atoms in total. The molecule has 2 rings (SSSR count). The highest BCUT2D eigenvalue weighted by molar-refractivity contribution is 7.99. The van der Waals surface area contributed by atoms with E-state index in [0.717, 1.165) is 15.7 Å². The van der Waals surface area contributed by atoms with Crippen molar-refractivity contribution in [2.45, 2.75) is 17.7 Å². The van der Waals surface area contributed by atoms with Crippen molar-refractivity contribution in [1.29, 1.82) is 0 Å². The summed E-state index contributed by atoms with van der Waals surface area (Å²) in [6.07, 6.45) is 1.43. The van der Waals surface area contributed by atoms with Gasteiger partial charge in [-0.3, -0.25) is 9.59 Å². The van der Waals surface area contributed by atoms with E-state index in [4.69, 9.17) is 16.3 Å². The molecule has 0 aliphatic carbocycles. The van der Waals surface area contributed by atoms with E-state index >= 15 is 0 Å². The normalized spacial score (nSPS) is 15.2. The molecule has 1 aliphatic heterocycles. The summed E-state index contributed by atoms with van der Waals surface area (Å²) in [6, 6.07) is 7.75. The smallest absolute Gasteiger partial charge is 0.308 e. The van der Waals surface area contributed by atoms with Crippen molar-refractivity contribution in [3.8, 4) is 0 Å². The SMILES string of the molecule is COC(=O)C1CCN(C(=NCC(=O)N(C)C)NCCSc2ccc(Cl)cc2)CC1. The summed E-state index contributed by atoms with van der Waals surface area (Å²) in [5, 5.41) is 4.09. The van der Waals surface area contributed by atoms with Gasteiger partial charge in [-0.1, -0.05) is 11.6 Å². The Kier molecular flexibility index (Phi) is 9.60. The Morgan fingerprint density at radius 2 is 1.93 bits per heavy atom. The maximum atomic E-state index is 11.9. The summed E-state index contributed by atoms with van der Waals surface area (Å²) in [4.78, 5) is 33.0. The number of rotatable bonds is 7. The van der Waals surface area contributed by atoms with Gasteiger partial charge in [0.2, 0.25) is 5.91 Å². The number of nitrogens with one attached hydrogen (secondary N) is 1. The van der Waals surface area contributed by atoms with E-state index in [0.29, 0.717) is 38.4 Å². The molecule has 1 fully saturated rings. The van der Waals surface area contributed by atoms with E-state index < -0.39 is 0 Å². The maximum Gasteiger partial charge on any atom is 0.308 e. The van der Waals surface area contributed by atoms with Crippen LogP contribution in [-0.2, 0) is 14.3 Å². The van der Waals surface area contributed by atoms with Gasteiger partial charge in [-0.25, -0.2) is 4.99 Å². The second-order valence-corrected chi connectivity index (χ2v) is 8.55. The molecule has 0 unspecified atom stereocenters. The topological polar surface area (TPSA) is 74.2 Å². The number of thioether (sulfide) groups is 1. The summed E-state index contributed by atoms with van der Waals surface area (Å²) in [6.45, 7) is 2.20. The van der Waals surface area contributed by atoms with Gasteiger partial charge < -0.3 is 19.9 Å². The lowest BCUT2D eigenvalue weighted by Crippen LogP contribution is -2.47. The molecule has 1 amide bonds. The van der Waals surface area contributed by atoms with E-state index in [1.54, 1.807) is 25.9 Å². The summed E-state index contributed by atoms with van der Waals surface area (Å²) >= 11 is 7.64. The highest BCUT2D eigenvalue weighted by Gasteiger charge is 2.27. The van der Waals surface area contributed by atoms with Crippen molar-refractivity contribution in [3.05, 3.63) is 29.3 Å². The standard InChI is InChI=1S/C20H29ClN4O3S/c1-24(2)18(26)14-23-20(25-11-8-15(9-12-25)19(27)28-3)22-10-13-29-17-6-4-16(21)5-7-17/h4-7,15H,8-14H2,1-3H3,(H,22,23). The molecule has 1 aromatic rings. The number of nitrogens with zero attached hydrogens (tertiary/aromatic N) is 3. The Morgan fingerprint density at radius 3 is 2.52 bits per heavy atom. The highest BCUT2D eigenvalue weighted by Crippen LogP contribution is 2.20. The molecule has 0 saturated carbocycles. The third-order valence-corrected chi connectivity index (χ3v) is 5.93. The van der Waals surface area contributed by atoms with Gasteiger partial charge in [-0.15, -0.1) is 11.8 Å². The van der Waals surface area contributed by atoms with Crippen molar-refractivity contribution < 1.29 is 14.3 Å². The molecular weight excluding hydrogens is 412 g/mol. The molecule has 1 aromatic carbocycles. The number of piperidine rings is 1. The zero-order valence-electron chi connectivity index (χ0n) is 17.2. The molecule has 0 bridgehead atoms. The minimum atomic E-state index is -0.154. The fourth-order valence-corrected chi connectivity index (χ4v) is 3.80. The fourth-order valence-electron chi connectivity index (χ4n) is 2.91. The van der Waals surface area contributed by atoms with E-state index in [2.05, 4.69) is 15.2 Å². The number of aliphatic imine (C=N–C) groups is 1. The van der Waals surface area contributed by atoms with Crippen LogP contribution < -0.4 is 5.32 Å². The number of hydrogen-bond acceptors (Lipinski definition) is 5. The second kappa shape index (κ2) is 11.9. The van der Waals surface area contributed by atoms with Crippen LogP contribution in [0.25, 0.3) is 0 Å². The number of hydrogen-bond donors (Lipinski definition) is 1. The van der Waals surface area contributed by atoms with Crippen LogP contribution in [0.3, 0.4) is 0 Å². The molecule has 0 aromatic heterocycles. The van der Waals surface area contributed by atoms with E-state index in [1.807, 2.05) is 24.3 Å². The van der Waals surface area contributed by atoms with Gasteiger partial charge in [0.15, 0.2) is 5.96 Å². The predicted molar refractivity (Wildman–Crippen MR) is 117 cm³/mol. The molecule has 1 saturated heterocycles. The molecule has 1 heterocycles. The van der Waals surface area contributed by atoms with Crippen LogP contribution in [-0.4, -0.2) is 80.8 Å². The first-order valence-corrected chi connectivity index (χ1v) is 11.0. The van der Waals surface area contributed by atoms with Crippen LogP contribution in [0.4, 0.5) is 0 Å². The monoisotopic (exact) mass is 440 g/mol. The summed E-state index contributed by atoms with van der Waals surface area (Å²) in [5.41, 5.74) is 0. The number of halogens is 1. The van der Waals surface area contributed by atoms with Crippen LogP contribution in [0.15, 0.2) is 34.2 Å². The van der Waals surface area contributed by atoms with Gasteiger partial charge in [0.25, 0.3) is 0 Å². The van der Waals surface area contributed by atoms with E-state index in [-0.39, 0.29) is 24.3 Å². The first kappa shape index (κ1) is 23.3. The number of likely N-dealkylation sites (N-methyl/N-ethyl adjacent to an activating group) is 1. The van der Waals surface area contributed by atoms with Crippen molar-refractivity contribution in [3.63, 3.8) is 0 Å². The number of carbonyl (C=O) groups excluding carboxylic acids is 2. The Bertz CT molecular complexity index is 704. The number of guanidine groups is 1. The van der Waals surface area contributed by atoms with Gasteiger partial charge in [0.05, 0.1) is 13.0 Å². The second-order valence-electron chi connectivity index (χ2n) is 6.94. The lowest BCUT2D eigenvalue weighted by molar-refractivity contribution is -0.146. The number of likely N-dealkylation sites (tertiary alicyclic amines) is 1. The van der Waals surface area contributed by atoms with Crippen LogP contribution in [0, 0.1) is 5.92 Å². The minimum absolute atomic E-state index is 0.0516. The molecule has 29 heavy (non-hydrogen) atoms. The third-order valence-electron chi connectivity index (χ3n) is 4.66. The molecule has 1 N–H and O–H groups in total. The Morgan fingerprint density at radius 1 is 1.28 bits per heavy atom. The quantitative estimate of drug-likeness (QED) is 0.231. The Hall–Kier alpha value is -1.93. The third kappa shape index (κ3) is 7.78. The number of ether oxygens (including phenoxy) is 1. The van der Waals surface area contributed by atoms with Crippen molar-refractivity contribution in [1.82, 2.24) is 15.1 Å². The van der Waals surface area contributed by atoms with Crippen LogP contribution >= 0.6 is 23.4 Å². The molecule has 0 atom stereocenters. The van der Waals surface area contributed by atoms with E-state index in [1.165, 1.54) is 12.0 Å². The molecular formula is C20H29ClN4O3S. The number of methoxy groups -OCH3 is 1. The minimum Gasteiger partial charge on any atom is -0.469 e. The Balaban J connectivity index is 1.90.